The Morgan fingerprint density at radius 3 is 2.75 bits per heavy atom. The molecular weight excluding hydrogens is 460 g/mol. The van der Waals surface area contributed by atoms with Gasteiger partial charge in [0.15, 0.2) is 0 Å². The number of benzene rings is 1. The molecule has 3 aliphatic rings. The molecule has 1 aromatic heterocycles. The van der Waals surface area contributed by atoms with Crippen molar-refractivity contribution in [2.24, 2.45) is 5.92 Å². The molecule has 3 heterocycles. The maximum Gasteiger partial charge on any atom is 0.272 e. The SMILES string of the molecule is Cc1nocc1C(=O)NC(=CC=C1CCC(C)C1)C(=O)Nc1ccc2c(c1)NC(=O)C21CCOCC1. The van der Waals surface area contributed by atoms with E-state index in [0.29, 0.717) is 49.0 Å². The number of nitrogens with zero attached hydrogens (tertiary/aromatic N) is 1. The summed E-state index contributed by atoms with van der Waals surface area (Å²) in [5, 5.41) is 12.3. The van der Waals surface area contributed by atoms with Crippen molar-refractivity contribution in [3.63, 3.8) is 0 Å². The number of anilines is 2. The molecule has 1 aliphatic carbocycles. The quantitative estimate of drug-likeness (QED) is 0.545. The van der Waals surface area contributed by atoms with Gasteiger partial charge in [-0.1, -0.05) is 29.8 Å². The Morgan fingerprint density at radius 2 is 2.06 bits per heavy atom. The molecule has 1 saturated carbocycles. The van der Waals surface area contributed by atoms with Gasteiger partial charge in [0, 0.05) is 24.6 Å². The number of fused-ring (bicyclic) bond motifs is 2. The highest BCUT2D eigenvalue weighted by Gasteiger charge is 2.47. The van der Waals surface area contributed by atoms with E-state index in [4.69, 9.17) is 9.26 Å². The fraction of sp³-hybridized carbons (Fsp3) is 0.407. The van der Waals surface area contributed by atoms with Crippen molar-refractivity contribution < 1.29 is 23.6 Å². The number of nitrogens with one attached hydrogen (secondary N) is 3. The van der Waals surface area contributed by atoms with E-state index in [0.717, 1.165) is 24.8 Å². The molecule has 3 amide bonds. The standard InChI is InChI=1S/C27H30N4O5/c1-16-3-4-18(13-16)5-8-22(29-24(32)20-15-36-31-17(20)2)25(33)28-19-6-7-21-23(14-19)30-26(34)27(21)9-11-35-12-10-27/h5-8,14-16H,3-4,9-13H2,1-2H3,(H,28,33)(H,29,32)(H,30,34). The van der Waals surface area contributed by atoms with E-state index in [1.165, 1.54) is 11.8 Å². The monoisotopic (exact) mass is 490 g/mol. The summed E-state index contributed by atoms with van der Waals surface area (Å²) in [6.45, 7) is 4.94. The van der Waals surface area contributed by atoms with Crippen LogP contribution in [-0.4, -0.2) is 36.1 Å². The number of allylic oxidation sites excluding steroid dienone is 3. The molecule has 1 aromatic carbocycles. The van der Waals surface area contributed by atoms with E-state index in [-0.39, 0.29) is 17.2 Å². The molecule has 2 aliphatic heterocycles. The van der Waals surface area contributed by atoms with Gasteiger partial charge in [-0.2, -0.15) is 0 Å². The second-order valence-corrected chi connectivity index (χ2v) is 9.88. The average molecular weight is 491 g/mol. The van der Waals surface area contributed by atoms with E-state index in [1.807, 2.05) is 12.1 Å². The molecule has 9 heteroatoms. The maximum atomic E-state index is 13.3. The smallest absolute Gasteiger partial charge is 0.272 e. The van der Waals surface area contributed by atoms with Crippen LogP contribution in [0.2, 0.25) is 0 Å². The Labute approximate surface area is 209 Å². The van der Waals surface area contributed by atoms with Gasteiger partial charge in [-0.3, -0.25) is 14.4 Å². The minimum Gasteiger partial charge on any atom is -0.381 e. The third-order valence-electron chi connectivity index (χ3n) is 7.36. The van der Waals surface area contributed by atoms with Gasteiger partial charge >= 0.3 is 0 Å². The first kappa shape index (κ1) is 24.0. The zero-order valence-corrected chi connectivity index (χ0v) is 20.5. The van der Waals surface area contributed by atoms with Crippen molar-refractivity contribution in [2.75, 3.05) is 23.8 Å². The van der Waals surface area contributed by atoms with Gasteiger partial charge in [0.2, 0.25) is 5.91 Å². The van der Waals surface area contributed by atoms with E-state index in [2.05, 4.69) is 28.0 Å². The number of carbonyl (C=O) groups excluding carboxylic acids is 3. The molecule has 1 spiro atoms. The summed E-state index contributed by atoms with van der Waals surface area (Å²) in [5.74, 6) is -0.364. The van der Waals surface area contributed by atoms with Crippen molar-refractivity contribution >= 4 is 29.1 Å². The van der Waals surface area contributed by atoms with E-state index < -0.39 is 17.2 Å². The lowest BCUT2D eigenvalue weighted by Crippen LogP contribution is -2.39. The highest BCUT2D eigenvalue weighted by Crippen LogP contribution is 2.45. The second-order valence-electron chi connectivity index (χ2n) is 9.88. The Balaban J connectivity index is 1.37. The Bertz CT molecular complexity index is 1270. The number of ether oxygens (including phenoxy) is 1. The molecule has 9 nitrogen and oxygen atoms in total. The van der Waals surface area contributed by atoms with Gasteiger partial charge in [0.05, 0.1) is 11.1 Å². The van der Waals surface area contributed by atoms with Gasteiger partial charge in [-0.15, -0.1) is 0 Å². The van der Waals surface area contributed by atoms with Crippen molar-refractivity contribution in [3.8, 4) is 0 Å². The number of aromatic nitrogens is 1. The zero-order valence-electron chi connectivity index (χ0n) is 20.5. The Morgan fingerprint density at radius 1 is 1.25 bits per heavy atom. The summed E-state index contributed by atoms with van der Waals surface area (Å²) in [6, 6.07) is 5.43. The first-order chi connectivity index (χ1) is 17.4. The van der Waals surface area contributed by atoms with Crippen LogP contribution in [0.25, 0.3) is 0 Å². The number of amides is 3. The van der Waals surface area contributed by atoms with E-state index in [9.17, 15) is 14.4 Å². The number of aryl methyl sites for hydroxylation is 1. The molecule has 0 radical (unpaired) electrons. The zero-order chi connectivity index (χ0) is 25.3. The summed E-state index contributed by atoms with van der Waals surface area (Å²) in [5.41, 5.74) is 3.62. The van der Waals surface area contributed by atoms with Gasteiger partial charge in [0.1, 0.15) is 17.5 Å². The second kappa shape index (κ2) is 9.73. The number of hydrogen-bond acceptors (Lipinski definition) is 6. The molecule has 1 saturated heterocycles. The molecular formula is C27H30N4O5. The van der Waals surface area contributed by atoms with Gasteiger partial charge < -0.3 is 25.2 Å². The van der Waals surface area contributed by atoms with Crippen LogP contribution in [0, 0.1) is 12.8 Å². The summed E-state index contributed by atoms with van der Waals surface area (Å²) >= 11 is 0. The lowest BCUT2D eigenvalue weighted by Gasteiger charge is -2.31. The number of carbonyl (C=O) groups is 3. The summed E-state index contributed by atoms with van der Waals surface area (Å²) in [6.07, 6.45) is 9.14. The van der Waals surface area contributed by atoms with Crippen molar-refractivity contribution in [1.82, 2.24) is 10.5 Å². The minimum absolute atomic E-state index is 0.0290. The predicted octanol–water partition coefficient (Wildman–Crippen LogP) is 3.98. The summed E-state index contributed by atoms with van der Waals surface area (Å²) < 4.78 is 10.3. The summed E-state index contributed by atoms with van der Waals surface area (Å²) in [4.78, 5) is 38.9. The fourth-order valence-electron chi connectivity index (χ4n) is 5.23. The molecule has 1 unspecified atom stereocenters. The van der Waals surface area contributed by atoms with Crippen molar-refractivity contribution in [1.29, 1.82) is 0 Å². The molecule has 3 N–H and O–H groups in total. The van der Waals surface area contributed by atoms with E-state index >= 15 is 0 Å². The normalized spacial score (nSPS) is 21.9. The van der Waals surface area contributed by atoms with E-state index in [1.54, 1.807) is 25.1 Å². The lowest BCUT2D eigenvalue weighted by molar-refractivity contribution is -0.124. The van der Waals surface area contributed by atoms with Crippen LogP contribution < -0.4 is 16.0 Å². The Kier molecular flexibility index (Phi) is 6.49. The first-order valence-corrected chi connectivity index (χ1v) is 12.3. The van der Waals surface area contributed by atoms with Crippen molar-refractivity contribution in [3.05, 3.63) is 64.7 Å². The lowest BCUT2D eigenvalue weighted by atomic mass is 9.75. The third kappa shape index (κ3) is 4.58. The first-order valence-electron chi connectivity index (χ1n) is 12.3. The molecule has 2 aromatic rings. The highest BCUT2D eigenvalue weighted by atomic mass is 16.5. The molecule has 5 rings (SSSR count). The van der Waals surface area contributed by atoms with Crippen LogP contribution in [-0.2, 0) is 19.7 Å². The molecule has 36 heavy (non-hydrogen) atoms. The maximum absolute atomic E-state index is 13.3. The summed E-state index contributed by atoms with van der Waals surface area (Å²) in [7, 11) is 0. The van der Waals surface area contributed by atoms with Crippen LogP contribution in [0.5, 0.6) is 0 Å². The largest absolute Gasteiger partial charge is 0.381 e. The average Bonchev–Trinajstić information content (AvgIpc) is 3.55. The van der Waals surface area contributed by atoms with Gasteiger partial charge in [-0.25, -0.2) is 0 Å². The van der Waals surface area contributed by atoms with Crippen LogP contribution in [0.15, 0.2) is 52.4 Å². The van der Waals surface area contributed by atoms with Gasteiger partial charge in [0.25, 0.3) is 11.8 Å². The molecule has 188 valence electrons. The predicted molar refractivity (Wildman–Crippen MR) is 133 cm³/mol. The highest BCUT2D eigenvalue weighted by molar-refractivity contribution is 6.10. The minimum atomic E-state index is -0.573. The number of hydrogen-bond donors (Lipinski definition) is 3. The van der Waals surface area contributed by atoms with Gasteiger partial charge in [-0.05, 0) is 68.7 Å². The van der Waals surface area contributed by atoms with Crippen molar-refractivity contribution in [2.45, 2.75) is 51.4 Å². The Hall–Kier alpha value is -3.72. The van der Waals surface area contributed by atoms with Crippen LogP contribution in [0.3, 0.4) is 0 Å². The van der Waals surface area contributed by atoms with Crippen LogP contribution in [0.1, 0.15) is 60.6 Å². The molecule has 2 fully saturated rings. The number of rotatable bonds is 5. The molecule has 1 atom stereocenters. The van der Waals surface area contributed by atoms with Crippen LogP contribution in [0.4, 0.5) is 11.4 Å². The molecule has 0 bridgehead atoms. The van der Waals surface area contributed by atoms with Crippen LogP contribution >= 0.6 is 0 Å². The topological polar surface area (TPSA) is 123 Å². The fourth-order valence-corrected chi connectivity index (χ4v) is 5.23. The third-order valence-corrected chi connectivity index (χ3v) is 7.36.